The quantitative estimate of drug-likeness (QED) is 0.660. The number of hydrogen-bond acceptors (Lipinski definition) is 7. The van der Waals surface area contributed by atoms with Crippen LogP contribution in [0, 0.1) is 11.3 Å². The summed E-state index contributed by atoms with van der Waals surface area (Å²) in [4.78, 5) is 32.2. The van der Waals surface area contributed by atoms with Crippen LogP contribution in [0.1, 0.15) is 26.4 Å². The van der Waals surface area contributed by atoms with Crippen LogP contribution < -0.4 is 10.6 Å². The molecule has 0 fully saturated rings. The summed E-state index contributed by atoms with van der Waals surface area (Å²) in [7, 11) is 1.31. The minimum absolute atomic E-state index is 0.120. The Balaban J connectivity index is 1.78. The van der Waals surface area contributed by atoms with Crippen LogP contribution >= 0.6 is 0 Å². The van der Waals surface area contributed by atoms with Crippen LogP contribution in [0.15, 0.2) is 60.9 Å². The first-order valence-corrected chi connectivity index (χ1v) is 8.18. The van der Waals surface area contributed by atoms with Gasteiger partial charge in [0, 0.05) is 11.8 Å². The average molecular weight is 373 g/mol. The molecule has 3 rings (SSSR count). The van der Waals surface area contributed by atoms with Crippen LogP contribution in [0.25, 0.3) is 0 Å². The molecule has 0 bridgehead atoms. The van der Waals surface area contributed by atoms with E-state index in [4.69, 9.17) is 10.00 Å². The van der Waals surface area contributed by atoms with Crippen LogP contribution in [0.4, 0.5) is 17.2 Å². The maximum absolute atomic E-state index is 12.5. The van der Waals surface area contributed by atoms with Gasteiger partial charge in [-0.15, -0.1) is 0 Å². The second-order valence-electron chi connectivity index (χ2n) is 5.60. The molecule has 2 aromatic carbocycles. The van der Waals surface area contributed by atoms with Crippen molar-refractivity contribution in [2.24, 2.45) is 0 Å². The second kappa shape index (κ2) is 8.42. The summed E-state index contributed by atoms with van der Waals surface area (Å²) >= 11 is 0. The molecular formula is C20H15N5O3. The van der Waals surface area contributed by atoms with Crippen molar-refractivity contribution in [3.63, 3.8) is 0 Å². The number of nitrogens with zero attached hydrogens (tertiary/aromatic N) is 3. The lowest BCUT2D eigenvalue weighted by Crippen LogP contribution is -2.15. The molecule has 1 heterocycles. The van der Waals surface area contributed by atoms with E-state index in [0.29, 0.717) is 28.3 Å². The minimum atomic E-state index is -0.475. The number of esters is 1. The summed E-state index contributed by atoms with van der Waals surface area (Å²) in [5.74, 6) is -0.560. The smallest absolute Gasteiger partial charge is 0.337 e. The Kier molecular flexibility index (Phi) is 5.58. The van der Waals surface area contributed by atoms with E-state index in [1.54, 1.807) is 48.5 Å². The first kappa shape index (κ1) is 18.5. The average Bonchev–Trinajstić information content (AvgIpc) is 2.74. The number of methoxy groups -OCH3 is 1. The van der Waals surface area contributed by atoms with E-state index in [1.807, 2.05) is 6.07 Å². The van der Waals surface area contributed by atoms with E-state index in [9.17, 15) is 9.59 Å². The van der Waals surface area contributed by atoms with Crippen LogP contribution in [-0.2, 0) is 4.74 Å². The first-order chi connectivity index (χ1) is 13.6. The van der Waals surface area contributed by atoms with Crippen molar-refractivity contribution in [2.45, 2.75) is 0 Å². The van der Waals surface area contributed by atoms with Crippen molar-refractivity contribution >= 4 is 29.1 Å². The highest BCUT2D eigenvalue weighted by molar-refractivity contribution is 6.04. The molecule has 1 amide bonds. The van der Waals surface area contributed by atoms with Gasteiger partial charge < -0.3 is 15.4 Å². The van der Waals surface area contributed by atoms with E-state index in [-0.39, 0.29) is 5.69 Å². The largest absolute Gasteiger partial charge is 0.465 e. The van der Waals surface area contributed by atoms with Gasteiger partial charge in [-0.1, -0.05) is 18.2 Å². The van der Waals surface area contributed by atoms with Gasteiger partial charge in [-0.25, -0.2) is 14.8 Å². The number of nitrogens with one attached hydrogen (secondary N) is 2. The topological polar surface area (TPSA) is 117 Å². The fraction of sp³-hybridized carbons (Fsp3) is 0.0500. The Bertz CT molecular complexity index is 1080. The summed E-state index contributed by atoms with van der Waals surface area (Å²) in [5.41, 5.74) is 1.85. The van der Waals surface area contributed by atoms with Crippen molar-refractivity contribution in [1.29, 1.82) is 5.26 Å². The van der Waals surface area contributed by atoms with Gasteiger partial charge in [0.15, 0.2) is 0 Å². The van der Waals surface area contributed by atoms with Crippen molar-refractivity contribution in [1.82, 2.24) is 9.97 Å². The van der Waals surface area contributed by atoms with Gasteiger partial charge >= 0.3 is 5.97 Å². The molecular weight excluding hydrogens is 358 g/mol. The molecule has 28 heavy (non-hydrogen) atoms. The molecule has 0 unspecified atom stereocenters. The van der Waals surface area contributed by atoms with Crippen molar-refractivity contribution < 1.29 is 14.3 Å². The summed E-state index contributed by atoms with van der Waals surface area (Å²) in [5, 5.41) is 14.8. The number of rotatable bonds is 5. The fourth-order valence-electron chi connectivity index (χ4n) is 2.42. The van der Waals surface area contributed by atoms with Crippen LogP contribution in [-0.4, -0.2) is 29.0 Å². The van der Waals surface area contributed by atoms with Crippen LogP contribution in [0.3, 0.4) is 0 Å². The Morgan fingerprint density at radius 3 is 2.68 bits per heavy atom. The molecule has 0 saturated heterocycles. The predicted octanol–water partition coefficient (Wildman–Crippen LogP) is 3.13. The zero-order valence-electron chi connectivity index (χ0n) is 14.8. The number of benzene rings is 2. The number of ether oxygens (including phenoxy) is 1. The third-order valence-electron chi connectivity index (χ3n) is 3.75. The van der Waals surface area contributed by atoms with Crippen LogP contribution in [0.5, 0.6) is 0 Å². The van der Waals surface area contributed by atoms with Gasteiger partial charge in [-0.3, -0.25) is 4.79 Å². The van der Waals surface area contributed by atoms with Gasteiger partial charge in [-0.05, 0) is 30.3 Å². The molecule has 0 aliphatic heterocycles. The molecule has 0 aliphatic carbocycles. The SMILES string of the molecule is COC(=O)c1cccc(Nc2cc(C(=O)Nc3ccccc3C#N)ncn2)c1. The Labute approximate surface area is 160 Å². The van der Waals surface area contributed by atoms with E-state index in [2.05, 4.69) is 20.6 Å². The maximum atomic E-state index is 12.5. The van der Waals surface area contributed by atoms with E-state index < -0.39 is 11.9 Å². The summed E-state index contributed by atoms with van der Waals surface area (Å²) in [6.45, 7) is 0. The van der Waals surface area contributed by atoms with Gasteiger partial charge in [0.1, 0.15) is 23.9 Å². The maximum Gasteiger partial charge on any atom is 0.337 e. The van der Waals surface area contributed by atoms with E-state index >= 15 is 0 Å². The summed E-state index contributed by atoms with van der Waals surface area (Å²) < 4.78 is 4.70. The molecule has 8 nitrogen and oxygen atoms in total. The summed E-state index contributed by atoms with van der Waals surface area (Å²) in [6, 6.07) is 16.8. The van der Waals surface area contributed by atoms with Crippen molar-refractivity contribution in [3.05, 3.63) is 77.7 Å². The molecule has 0 spiro atoms. The highest BCUT2D eigenvalue weighted by Crippen LogP contribution is 2.18. The molecule has 0 aliphatic rings. The van der Waals surface area contributed by atoms with Crippen molar-refractivity contribution in [3.8, 4) is 6.07 Å². The molecule has 8 heteroatoms. The number of amides is 1. The minimum Gasteiger partial charge on any atom is -0.465 e. The molecule has 0 radical (unpaired) electrons. The number of carbonyl (C=O) groups excluding carboxylic acids is 2. The van der Waals surface area contributed by atoms with E-state index in [1.165, 1.54) is 19.5 Å². The standard InChI is InChI=1S/C20H15N5O3/c1-28-20(27)13-6-4-7-15(9-13)24-18-10-17(22-12-23-18)19(26)25-16-8-3-2-5-14(16)11-21/h2-10,12H,1H3,(H,25,26)(H,22,23,24). The predicted molar refractivity (Wildman–Crippen MR) is 102 cm³/mol. The zero-order chi connectivity index (χ0) is 19.9. The zero-order valence-corrected chi connectivity index (χ0v) is 14.8. The number of para-hydroxylation sites is 1. The van der Waals surface area contributed by atoms with Crippen LogP contribution in [0.2, 0.25) is 0 Å². The lowest BCUT2D eigenvalue weighted by atomic mass is 10.2. The third-order valence-corrected chi connectivity index (χ3v) is 3.75. The van der Waals surface area contributed by atoms with E-state index in [0.717, 1.165) is 0 Å². The lowest BCUT2D eigenvalue weighted by Gasteiger charge is -2.09. The number of hydrogen-bond donors (Lipinski definition) is 2. The van der Waals surface area contributed by atoms with Gasteiger partial charge in [-0.2, -0.15) is 5.26 Å². The van der Waals surface area contributed by atoms with Gasteiger partial charge in [0.2, 0.25) is 0 Å². The summed E-state index contributed by atoms with van der Waals surface area (Å²) in [6.07, 6.45) is 1.25. The highest BCUT2D eigenvalue weighted by Gasteiger charge is 2.12. The Morgan fingerprint density at radius 2 is 1.89 bits per heavy atom. The fourth-order valence-corrected chi connectivity index (χ4v) is 2.42. The number of nitriles is 1. The Hall–Kier alpha value is -4.25. The Morgan fingerprint density at radius 1 is 1.07 bits per heavy atom. The molecule has 138 valence electrons. The molecule has 0 saturated carbocycles. The number of anilines is 3. The third kappa shape index (κ3) is 4.28. The molecule has 2 N–H and O–H groups in total. The molecule has 3 aromatic rings. The molecule has 1 aromatic heterocycles. The first-order valence-electron chi connectivity index (χ1n) is 8.18. The van der Waals surface area contributed by atoms with Crippen molar-refractivity contribution in [2.75, 3.05) is 17.7 Å². The molecule has 0 atom stereocenters. The number of aromatic nitrogens is 2. The monoisotopic (exact) mass is 373 g/mol. The van der Waals surface area contributed by atoms with Gasteiger partial charge in [0.25, 0.3) is 5.91 Å². The second-order valence-corrected chi connectivity index (χ2v) is 5.60. The number of carbonyl (C=O) groups is 2. The van der Waals surface area contributed by atoms with Gasteiger partial charge in [0.05, 0.1) is 23.9 Å². The normalized spacial score (nSPS) is 9.86. The lowest BCUT2D eigenvalue weighted by molar-refractivity contribution is 0.0600. The highest BCUT2D eigenvalue weighted by atomic mass is 16.5.